The van der Waals surface area contributed by atoms with E-state index in [0.29, 0.717) is 21.5 Å². The minimum atomic E-state index is -4.35. The molecular formula is C15H10Br2ClF3. The third-order valence-electron chi connectivity index (χ3n) is 2.96. The standard InChI is InChI=1S/C15H10Br2ClF3/c16-13-5-4-10(15(19,20)21)8-12(13)14(17)7-9-2-1-3-11(18)6-9/h1-6,8,14H,7H2. The van der Waals surface area contributed by atoms with Crippen LogP contribution in [0.2, 0.25) is 5.02 Å². The molecule has 0 aliphatic carbocycles. The van der Waals surface area contributed by atoms with Gasteiger partial charge in [0.15, 0.2) is 0 Å². The summed E-state index contributed by atoms with van der Waals surface area (Å²) in [6, 6.07) is 10.9. The van der Waals surface area contributed by atoms with E-state index in [1.807, 2.05) is 12.1 Å². The molecule has 0 heterocycles. The van der Waals surface area contributed by atoms with Crippen molar-refractivity contribution in [2.75, 3.05) is 0 Å². The molecule has 0 N–H and O–H groups in total. The molecule has 0 aliphatic heterocycles. The van der Waals surface area contributed by atoms with Crippen LogP contribution in [0.3, 0.4) is 0 Å². The van der Waals surface area contributed by atoms with Crippen molar-refractivity contribution in [1.82, 2.24) is 0 Å². The first kappa shape index (κ1) is 16.8. The van der Waals surface area contributed by atoms with Crippen molar-refractivity contribution in [3.63, 3.8) is 0 Å². The van der Waals surface area contributed by atoms with Crippen molar-refractivity contribution >= 4 is 43.5 Å². The third kappa shape index (κ3) is 4.47. The Labute approximate surface area is 142 Å². The Hall–Kier alpha value is -0.520. The van der Waals surface area contributed by atoms with Crippen LogP contribution in [0.25, 0.3) is 0 Å². The SMILES string of the molecule is FC(F)(F)c1ccc(Br)c(C(Br)Cc2cccc(Cl)c2)c1. The quantitative estimate of drug-likeness (QED) is 0.459. The van der Waals surface area contributed by atoms with Crippen LogP contribution >= 0.6 is 43.5 Å². The second kappa shape index (κ2) is 6.71. The molecule has 0 nitrogen and oxygen atoms in total. The summed E-state index contributed by atoms with van der Waals surface area (Å²) in [5.41, 5.74) is 0.856. The van der Waals surface area contributed by atoms with Gasteiger partial charge >= 0.3 is 6.18 Å². The highest BCUT2D eigenvalue weighted by Crippen LogP contribution is 2.37. The van der Waals surface area contributed by atoms with E-state index in [1.165, 1.54) is 6.07 Å². The summed E-state index contributed by atoms with van der Waals surface area (Å²) in [7, 11) is 0. The Morgan fingerprint density at radius 3 is 2.43 bits per heavy atom. The molecule has 2 rings (SSSR count). The number of hydrogen-bond donors (Lipinski definition) is 0. The summed E-state index contributed by atoms with van der Waals surface area (Å²) in [4.78, 5) is -0.243. The minimum Gasteiger partial charge on any atom is -0.166 e. The molecule has 0 bridgehead atoms. The second-order valence-corrected chi connectivity index (χ2v) is 6.93. The van der Waals surface area contributed by atoms with Gasteiger partial charge in [0.1, 0.15) is 0 Å². The Morgan fingerprint density at radius 1 is 1.10 bits per heavy atom. The Morgan fingerprint density at radius 2 is 1.81 bits per heavy atom. The maximum atomic E-state index is 12.8. The molecule has 0 fully saturated rings. The van der Waals surface area contributed by atoms with Gasteiger partial charge in [0, 0.05) is 14.3 Å². The summed E-state index contributed by atoms with van der Waals surface area (Å²) < 4.78 is 39.0. The van der Waals surface area contributed by atoms with Crippen LogP contribution in [0.4, 0.5) is 13.2 Å². The molecule has 1 unspecified atom stereocenters. The zero-order chi connectivity index (χ0) is 15.6. The Kier molecular flexibility index (Phi) is 5.38. The van der Waals surface area contributed by atoms with E-state index >= 15 is 0 Å². The van der Waals surface area contributed by atoms with Crippen LogP contribution in [-0.4, -0.2) is 0 Å². The van der Waals surface area contributed by atoms with Crippen LogP contribution in [-0.2, 0) is 12.6 Å². The van der Waals surface area contributed by atoms with E-state index in [0.717, 1.165) is 17.7 Å². The first-order chi connectivity index (χ1) is 9.77. The lowest BCUT2D eigenvalue weighted by Gasteiger charge is -2.15. The maximum Gasteiger partial charge on any atom is 0.416 e. The molecule has 2 aromatic rings. The van der Waals surface area contributed by atoms with Gasteiger partial charge in [-0.05, 0) is 47.9 Å². The zero-order valence-corrected chi connectivity index (χ0v) is 14.5. The first-order valence-electron chi connectivity index (χ1n) is 6.02. The van der Waals surface area contributed by atoms with Crippen LogP contribution in [0, 0.1) is 0 Å². The van der Waals surface area contributed by atoms with E-state index in [-0.39, 0.29) is 4.83 Å². The molecule has 112 valence electrons. The van der Waals surface area contributed by atoms with Gasteiger partial charge in [-0.2, -0.15) is 13.2 Å². The number of hydrogen-bond acceptors (Lipinski definition) is 0. The smallest absolute Gasteiger partial charge is 0.166 e. The predicted octanol–water partition coefficient (Wildman–Crippen LogP) is 6.80. The second-order valence-electron chi connectivity index (χ2n) is 4.54. The number of benzene rings is 2. The summed E-state index contributed by atoms with van der Waals surface area (Å²) >= 11 is 12.7. The zero-order valence-electron chi connectivity index (χ0n) is 10.6. The molecule has 21 heavy (non-hydrogen) atoms. The molecule has 0 spiro atoms. The molecule has 0 saturated carbocycles. The van der Waals surface area contributed by atoms with Crippen molar-refractivity contribution in [3.8, 4) is 0 Å². The van der Waals surface area contributed by atoms with Crippen LogP contribution in [0.5, 0.6) is 0 Å². The fourth-order valence-electron chi connectivity index (χ4n) is 1.94. The van der Waals surface area contributed by atoms with Crippen LogP contribution in [0.15, 0.2) is 46.9 Å². The highest BCUT2D eigenvalue weighted by Gasteiger charge is 2.31. The van der Waals surface area contributed by atoms with Crippen molar-refractivity contribution in [1.29, 1.82) is 0 Å². The highest BCUT2D eigenvalue weighted by atomic mass is 79.9. The average Bonchev–Trinajstić information content (AvgIpc) is 2.37. The van der Waals surface area contributed by atoms with Gasteiger partial charge in [-0.25, -0.2) is 0 Å². The van der Waals surface area contributed by atoms with Gasteiger partial charge < -0.3 is 0 Å². The van der Waals surface area contributed by atoms with Gasteiger partial charge in [-0.1, -0.05) is 55.6 Å². The summed E-state index contributed by atoms with van der Waals surface area (Å²) in [5, 5.41) is 0.607. The maximum absolute atomic E-state index is 12.8. The fourth-order valence-corrected chi connectivity index (χ4v) is 3.74. The monoisotopic (exact) mass is 440 g/mol. The van der Waals surface area contributed by atoms with Crippen molar-refractivity contribution < 1.29 is 13.2 Å². The van der Waals surface area contributed by atoms with Gasteiger partial charge in [0.25, 0.3) is 0 Å². The van der Waals surface area contributed by atoms with Crippen LogP contribution < -0.4 is 0 Å². The van der Waals surface area contributed by atoms with Gasteiger partial charge in [-0.15, -0.1) is 0 Å². The summed E-state index contributed by atoms with van der Waals surface area (Å²) in [6.45, 7) is 0. The molecular weight excluding hydrogens is 432 g/mol. The molecule has 1 atom stereocenters. The molecule has 0 amide bonds. The van der Waals surface area contributed by atoms with Gasteiger partial charge in [0.05, 0.1) is 5.56 Å². The summed E-state index contributed by atoms with van der Waals surface area (Å²) in [5.74, 6) is 0. The first-order valence-corrected chi connectivity index (χ1v) is 8.11. The lowest BCUT2D eigenvalue weighted by atomic mass is 10.0. The molecule has 2 aromatic carbocycles. The largest absolute Gasteiger partial charge is 0.416 e. The van der Waals surface area contributed by atoms with Crippen LogP contribution in [0.1, 0.15) is 21.5 Å². The van der Waals surface area contributed by atoms with E-state index in [1.54, 1.807) is 12.1 Å². The topological polar surface area (TPSA) is 0 Å². The normalized spacial score (nSPS) is 13.2. The number of halogens is 6. The molecule has 0 aromatic heterocycles. The number of alkyl halides is 4. The van der Waals surface area contributed by atoms with Gasteiger partial charge in [-0.3, -0.25) is 0 Å². The Balaban J connectivity index is 2.28. The molecule has 6 heteroatoms. The highest BCUT2D eigenvalue weighted by molar-refractivity contribution is 9.11. The van der Waals surface area contributed by atoms with E-state index < -0.39 is 11.7 Å². The number of rotatable bonds is 3. The molecule has 0 saturated heterocycles. The van der Waals surface area contributed by atoms with Gasteiger partial charge in [0.2, 0.25) is 0 Å². The van der Waals surface area contributed by atoms with E-state index in [2.05, 4.69) is 31.9 Å². The fraction of sp³-hybridized carbons (Fsp3) is 0.200. The van der Waals surface area contributed by atoms with E-state index in [9.17, 15) is 13.2 Å². The third-order valence-corrected chi connectivity index (χ3v) is 4.74. The molecule has 0 radical (unpaired) electrons. The van der Waals surface area contributed by atoms with Crippen molar-refractivity contribution in [3.05, 3.63) is 68.7 Å². The van der Waals surface area contributed by atoms with Crippen molar-refractivity contribution in [2.24, 2.45) is 0 Å². The van der Waals surface area contributed by atoms with Crippen molar-refractivity contribution in [2.45, 2.75) is 17.4 Å². The molecule has 0 aliphatic rings. The lowest BCUT2D eigenvalue weighted by molar-refractivity contribution is -0.137. The Bertz CT molecular complexity index is 641. The minimum absolute atomic E-state index is 0.243. The summed E-state index contributed by atoms with van der Waals surface area (Å²) in [6.07, 6.45) is -3.81. The predicted molar refractivity (Wildman–Crippen MR) is 86.0 cm³/mol. The van der Waals surface area contributed by atoms with E-state index in [4.69, 9.17) is 11.6 Å². The average molecular weight is 443 g/mol. The lowest BCUT2D eigenvalue weighted by Crippen LogP contribution is -2.07.